The van der Waals surface area contributed by atoms with E-state index in [0.717, 1.165) is 0 Å². The van der Waals surface area contributed by atoms with Gasteiger partial charge in [-0.15, -0.1) is 0 Å². The van der Waals surface area contributed by atoms with Crippen LogP contribution < -0.4 is 0 Å². The van der Waals surface area contributed by atoms with Gasteiger partial charge in [0.05, 0.1) is 7.59 Å². The maximum atomic E-state index is 11.4. The first-order valence-corrected chi connectivity index (χ1v) is 34.7. The Bertz CT molecular complexity index is 415. The number of rotatable bonds is 13. The molecule has 0 saturated heterocycles. The SMILES string of the molecule is C[SiH](O[Si](C)(C)C)O[Si](O[SiH2]O)([SiH](O)[Si](C)(C)C)[Si](O[SiH2]O)([SiH2]O)[SiH2]O. The minimum atomic E-state index is -3.56. The fourth-order valence-corrected chi connectivity index (χ4v) is 123. The average Bonchev–Trinajstić information content (AvgIpc) is 2.48. The van der Waals surface area contributed by atoms with Crippen LogP contribution in [0.15, 0.2) is 0 Å². The zero-order valence-corrected chi connectivity index (χ0v) is 28.8. The van der Waals surface area contributed by atoms with Gasteiger partial charge in [-0.2, -0.15) is 0 Å². The molecule has 0 fully saturated rings. The van der Waals surface area contributed by atoms with E-state index in [1.54, 1.807) is 0 Å². The minimum absolute atomic E-state index is 1.86. The third-order valence-corrected chi connectivity index (χ3v) is 88.4. The van der Waals surface area contributed by atoms with Crippen LogP contribution in [-0.2, 0) is 16.5 Å². The molecule has 0 aliphatic carbocycles. The molecule has 0 aliphatic heterocycles. The van der Waals surface area contributed by atoms with Crippen LogP contribution in [0.3, 0.4) is 0 Å². The summed E-state index contributed by atoms with van der Waals surface area (Å²) >= 11 is 0. The first kappa shape index (κ1) is 27.8. The lowest BCUT2D eigenvalue weighted by atomic mass is 11.8. The first-order valence-electron chi connectivity index (χ1n) is 8.50. The lowest BCUT2D eigenvalue weighted by Gasteiger charge is -2.49. The van der Waals surface area contributed by atoms with E-state index in [0.29, 0.717) is 0 Å². The largest absolute Gasteiger partial charge is 0.440 e. The van der Waals surface area contributed by atoms with Gasteiger partial charge in [0.1, 0.15) is 0 Å². The molecule has 5 N–H and O–H groups in total. The molecule has 0 aromatic heterocycles. The van der Waals surface area contributed by atoms with Gasteiger partial charge in [0.2, 0.25) is 8.08 Å². The molecule has 0 heterocycles. The van der Waals surface area contributed by atoms with E-state index in [2.05, 4.69) is 0 Å². The van der Waals surface area contributed by atoms with Gasteiger partial charge < -0.3 is 40.4 Å². The van der Waals surface area contributed by atoms with Gasteiger partial charge in [0, 0.05) is 0 Å². The van der Waals surface area contributed by atoms with Crippen LogP contribution in [0.2, 0.25) is 45.8 Å². The van der Waals surface area contributed by atoms with E-state index in [9.17, 15) is 24.0 Å². The van der Waals surface area contributed by atoms with E-state index in [1.807, 2.05) is 45.8 Å². The second-order valence-corrected chi connectivity index (χ2v) is 62.8. The highest BCUT2D eigenvalue weighted by molar-refractivity contribution is 7.88. The quantitative estimate of drug-likeness (QED) is 0.144. The third kappa shape index (κ3) is 7.25. The van der Waals surface area contributed by atoms with Crippen molar-refractivity contribution in [2.45, 2.75) is 45.8 Å². The van der Waals surface area contributed by atoms with E-state index < -0.39 is 86.3 Å². The predicted octanol–water partition coefficient (Wildman–Crippen LogP) is -5.46. The molecule has 0 aliphatic rings. The lowest BCUT2D eigenvalue weighted by molar-refractivity contribution is 0.343. The van der Waals surface area contributed by atoms with Crippen molar-refractivity contribution >= 4 is 86.3 Å². The van der Waals surface area contributed by atoms with Crippen LogP contribution in [-0.4, -0.2) is 110 Å². The fraction of sp³-hybridized carbons (Fsp3) is 1.00. The topological polar surface area (TPSA) is 138 Å². The Balaban J connectivity index is 6.32. The van der Waals surface area contributed by atoms with Crippen molar-refractivity contribution < 1.29 is 40.4 Å². The van der Waals surface area contributed by atoms with Gasteiger partial charge in [-0.05, 0) is 26.2 Å². The van der Waals surface area contributed by atoms with Crippen molar-refractivity contribution in [2.24, 2.45) is 0 Å². The molecule has 0 aromatic rings. The maximum absolute atomic E-state index is 11.4. The third-order valence-electron chi connectivity index (χ3n) is 3.81. The highest BCUT2D eigenvalue weighted by Crippen LogP contribution is 2.28. The number of hydrogen-bond acceptors (Lipinski definition) is 9. The van der Waals surface area contributed by atoms with Crippen molar-refractivity contribution in [3.63, 3.8) is 0 Å². The molecule has 0 spiro atoms. The van der Waals surface area contributed by atoms with Crippen molar-refractivity contribution in [3.8, 4) is 0 Å². The molecule has 0 bridgehead atoms. The molecule has 26 heavy (non-hydrogen) atoms. The Hall–Kier alpha value is 1.81. The van der Waals surface area contributed by atoms with Crippen LogP contribution >= 0.6 is 0 Å². The van der Waals surface area contributed by atoms with E-state index in [4.69, 9.17) is 16.5 Å². The minimum Gasteiger partial charge on any atom is -0.440 e. The molecular formula is C7H36O9Si10. The van der Waals surface area contributed by atoms with Gasteiger partial charge in [-0.1, -0.05) is 19.6 Å². The van der Waals surface area contributed by atoms with Gasteiger partial charge in [0.25, 0.3) is 36.2 Å². The van der Waals surface area contributed by atoms with Crippen LogP contribution in [0.25, 0.3) is 0 Å². The van der Waals surface area contributed by atoms with Crippen LogP contribution in [0.1, 0.15) is 0 Å². The standard InChI is InChI=1S/C7H36O9Si10/c1-21(15-23(2,3)4)16-25(13-17-8,22(12)24(5,6)7)26(19-10,20-11)14-18-9/h8-12,21-22H,17-20H2,1-7H3. The van der Waals surface area contributed by atoms with Gasteiger partial charge >= 0.3 is 7.60 Å². The van der Waals surface area contributed by atoms with Crippen molar-refractivity contribution in [3.05, 3.63) is 0 Å². The van der Waals surface area contributed by atoms with Gasteiger partial charge in [-0.25, -0.2) is 0 Å². The summed E-state index contributed by atoms with van der Waals surface area (Å²) in [4.78, 5) is 51.3. The second kappa shape index (κ2) is 11.3. The summed E-state index contributed by atoms with van der Waals surface area (Å²) in [7, 11) is -20.2. The summed E-state index contributed by atoms with van der Waals surface area (Å²) in [6, 6.07) is 0. The Morgan fingerprint density at radius 3 is 1.54 bits per heavy atom. The average molecular weight is 545 g/mol. The molecule has 0 amide bonds. The summed E-state index contributed by atoms with van der Waals surface area (Å²) in [5.74, 6) is 0. The maximum Gasteiger partial charge on any atom is 0.333 e. The van der Waals surface area contributed by atoms with Crippen LogP contribution in [0.4, 0.5) is 0 Å². The monoisotopic (exact) mass is 544 g/mol. The Kier molecular flexibility index (Phi) is 12.1. The van der Waals surface area contributed by atoms with E-state index in [1.165, 1.54) is 0 Å². The first-order chi connectivity index (χ1) is 11.7. The molecule has 0 radical (unpaired) electrons. The molecule has 3 atom stereocenters. The summed E-state index contributed by atoms with van der Waals surface area (Å²) in [5.41, 5.74) is 0. The molecule has 158 valence electrons. The molecule has 19 heteroatoms. The zero-order chi connectivity index (χ0) is 20.8. The molecule has 9 nitrogen and oxygen atoms in total. The van der Waals surface area contributed by atoms with Gasteiger partial charge in [0.15, 0.2) is 26.9 Å². The summed E-state index contributed by atoms with van der Waals surface area (Å²) in [6.07, 6.45) is 0. The van der Waals surface area contributed by atoms with Crippen LogP contribution in [0, 0.1) is 0 Å². The molecular weight excluding hydrogens is 509 g/mol. The smallest absolute Gasteiger partial charge is 0.333 e. The summed E-state index contributed by atoms with van der Waals surface area (Å²) in [6.45, 7) is 10.8. The zero-order valence-electron chi connectivity index (χ0n) is 16.9. The fourth-order valence-electron chi connectivity index (χ4n) is 2.69. The highest BCUT2D eigenvalue weighted by Gasteiger charge is 2.69. The van der Waals surface area contributed by atoms with Crippen LogP contribution in [0.5, 0.6) is 0 Å². The summed E-state index contributed by atoms with van der Waals surface area (Å²) < 4.78 is 24.2. The van der Waals surface area contributed by atoms with E-state index >= 15 is 0 Å². The molecule has 0 saturated carbocycles. The molecule has 3 unspecified atom stereocenters. The normalized spacial score (nSPS) is 22.2. The number of hydrogen-bond donors (Lipinski definition) is 5. The molecule has 0 rings (SSSR count). The predicted molar refractivity (Wildman–Crippen MR) is 128 cm³/mol. The summed E-state index contributed by atoms with van der Waals surface area (Å²) in [5, 5.41) is 0. The Morgan fingerprint density at radius 1 is 0.769 bits per heavy atom. The Labute approximate surface area is 172 Å². The lowest BCUT2D eigenvalue weighted by Crippen LogP contribution is -2.87. The van der Waals surface area contributed by atoms with Gasteiger partial charge in [-0.3, -0.25) is 0 Å². The van der Waals surface area contributed by atoms with E-state index in [-0.39, 0.29) is 0 Å². The Morgan fingerprint density at radius 2 is 1.23 bits per heavy atom. The highest BCUT2D eigenvalue weighted by atomic mass is 30.1. The van der Waals surface area contributed by atoms with Crippen molar-refractivity contribution in [2.75, 3.05) is 0 Å². The van der Waals surface area contributed by atoms with Crippen molar-refractivity contribution in [1.29, 1.82) is 0 Å². The van der Waals surface area contributed by atoms with Crippen molar-refractivity contribution in [1.82, 2.24) is 0 Å². The molecule has 0 aromatic carbocycles. The second-order valence-electron chi connectivity index (χ2n) is 8.21.